The topological polar surface area (TPSA) is 35.5 Å². The van der Waals surface area contributed by atoms with E-state index < -0.39 is 8.32 Å². The van der Waals surface area contributed by atoms with Crippen LogP contribution in [-0.4, -0.2) is 27.0 Å². The first-order valence-electron chi connectivity index (χ1n) is 8.84. The Kier molecular flexibility index (Phi) is 6.31. The number of ether oxygens (including phenoxy) is 1. The van der Waals surface area contributed by atoms with Gasteiger partial charge >= 0.3 is 5.97 Å². The molecule has 134 valence electrons. The first-order chi connectivity index (χ1) is 10.3. The molecule has 0 amide bonds. The second kappa shape index (κ2) is 7.10. The summed E-state index contributed by atoms with van der Waals surface area (Å²) < 4.78 is 11.9. The van der Waals surface area contributed by atoms with E-state index in [0.717, 1.165) is 18.4 Å². The van der Waals surface area contributed by atoms with Crippen molar-refractivity contribution >= 4 is 14.3 Å². The van der Waals surface area contributed by atoms with Crippen molar-refractivity contribution in [3.63, 3.8) is 0 Å². The van der Waals surface area contributed by atoms with Gasteiger partial charge < -0.3 is 9.16 Å². The van der Waals surface area contributed by atoms with Gasteiger partial charge in [0.15, 0.2) is 8.32 Å². The third-order valence-corrected chi connectivity index (χ3v) is 10.4. The van der Waals surface area contributed by atoms with Gasteiger partial charge in [0.2, 0.25) is 0 Å². The molecule has 0 aromatic heterocycles. The Morgan fingerprint density at radius 2 is 1.91 bits per heavy atom. The molecule has 4 heteroatoms. The minimum atomic E-state index is -1.83. The van der Waals surface area contributed by atoms with E-state index in [9.17, 15) is 4.79 Å². The molecular weight excluding hydrogens is 304 g/mol. The van der Waals surface area contributed by atoms with E-state index in [2.05, 4.69) is 54.3 Å². The van der Waals surface area contributed by atoms with Gasteiger partial charge in [-0.3, -0.25) is 4.79 Å². The Hall–Kier alpha value is -0.613. The Bertz CT molecular complexity index is 446. The highest BCUT2D eigenvalue weighted by Crippen LogP contribution is 2.49. The van der Waals surface area contributed by atoms with Gasteiger partial charge in [0, 0.05) is 0 Å². The zero-order chi connectivity index (χ0) is 18.1. The van der Waals surface area contributed by atoms with Gasteiger partial charge in [-0.25, -0.2) is 0 Å². The third kappa shape index (κ3) is 4.69. The highest BCUT2D eigenvalue weighted by atomic mass is 28.4. The quantitative estimate of drug-likeness (QED) is 0.386. The van der Waals surface area contributed by atoms with Crippen LogP contribution in [-0.2, 0) is 14.0 Å². The number of esters is 1. The molecule has 23 heavy (non-hydrogen) atoms. The molecular formula is C19H36O3Si. The van der Waals surface area contributed by atoms with Crippen LogP contribution in [0.15, 0.2) is 12.2 Å². The molecule has 0 heterocycles. The van der Waals surface area contributed by atoms with E-state index in [1.165, 1.54) is 0 Å². The minimum absolute atomic E-state index is 0.0996. The number of hydrogen-bond donors (Lipinski definition) is 0. The first kappa shape index (κ1) is 20.4. The van der Waals surface area contributed by atoms with E-state index in [0.29, 0.717) is 13.0 Å². The second-order valence-corrected chi connectivity index (χ2v) is 13.7. The van der Waals surface area contributed by atoms with Gasteiger partial charge in [0.1, 0.15) is 0 Å². The molecule has 1 saturated carbocycles. The zero-order valence-electron chi connectivity index (χ0n) is 16.4. The van der Waals surface area contributed by atoms with Crippen LogP contribution in [0.25, 0.3) is 0 Å². The smallest absolute Gasteiger partial charge is 0.306 e. The van der Waals surface area contributed by atoms with E-state index in [4.69, 9.17) is 9.16 Å². The standard InChI is InChI=1S/C19H36O3Si/c1-10-21-17(20)13-15-14(2)11-12-16(19(15,6)7)22-23(8,9)18(3,4)5/h15-16H,2,10-13H2,1,3-9H3/t15-,16+/m1/s1. The molecule has 1 aliphatic carbocycles. The molecule has 3 nitrogen and oxygen atoms in total. The maximum absolute atomic E-state index is 12.0. The summed E-state index contributed by atoms with van der Waals surface area (Å²) in [5.74, 6) is 0.00442. The van der Waals surface area contributed by atoms with E-state index in [-0.39, 0.29) is 28.4 Å². The van der Waals surface area contributed by atoms with Crippen molar-refractivity contribution in [1.82, 2.24) is 0 Å². The molecule has 1 fully saturated rings. The summed E-state index contributed by atoms with van der Waals surface area (Å²) >= 11 is 0. The minimum Gasteiger partial charge on any atom is -0.466 e. The molecule has 0 aliphatic heterocycles. The summed E-state index contributed by atoms with van der Waals surface area (Å²) in [6, 6.07) is 0. The van der Waals surface area contributed by atoms with Gasteiger partial charge in [-0.1, -0.05) is 46.8 Å². The van der Waals surface area contributed by atoms with Crippen LogP contribution in [0.1, 0.15) is 60.8 Å². The largest absolute Gasteiger partial charge is 0.466 e. The lowest BCUT2D eigenvalue weighted by molar-refractivity contribution is -0.146. The van der Waals surface area contributed by atoms with Crippen molar-refractivity contribution in [2.24, 2.45) is 11.3 Å². The molecule has 0 aromatic rings. The summed E-state index contributed by atoms with van der Waals surface area (Å²) in [6.07, 6.45) is 2.52. The maximum atomic E-state index is 12.0. The average molecular weight is 341 g/mol. The summed E-state index contributed by atoms with van der Waals surface area (Å²) in [5.41, 5.74) is 1.07. The van der Waals surface area contributed by atoms with Crippen molar-refractivity contribution in [3.8, 4) is 0 Å². The summed E-state index contributed by atoms with van der Waals surface area (Å²) in [7, 11) is -1.83. The third-order valence-electron chi connectivity index (χ3n) is 5.87. The lowest BCUT2D eigenvalue weighted by Gasteiger charge is -2.50. The van der Waals surface area contributed by atoms with Crippen molar-refractivity contribution in [1.29, 1.82) is 0 Å². The molecule has 0 saturated heterocycles. The molecule has 1 rings (SSSR count). The molecule has 0 unspecified atom stereocenters. The molecule has 0 spiro atoms. The number of carbonyl (C=O) groups excluding carboxylic acids is 1. The highest BCUT2D eigenvalue weighted by Gasteiger charge is 2.48. The molecule has 0 radical (unpaired) electrons. The summed E-state index contributed by atoms with van der Waals surface area (Å²) in [4.78, 5) is 12.0. The Labute approximate surface area is 144 Å². The van der Waals surface area contributed by atoms with Crippen LogP contribution in [0, 0.1) is 11.3 Å². The Morgan fingerprint density at radius 1 is 1.35 bits per heavy atom. The maximum Gasteiger partial charge on any atom is 0.306 e. The molecule has 0 bridgehead atoms. The van der Waals surface area contributed by atoms with Gasteiger partial charge in [0.25, 0.3) is 0 Å². The Morgan fingerprint density at radius 3 is 2.39 bits per heavy atom. The average Bonchev–Trinajstić information content (AvgIpc) is 2.37. The fourth-order valence-electron chi connectivity index (χ4n) is 3.15. The van der Waals surface area contributed by atoms with Crippen LogP contribution in [0.4, 0.5) is 0 Å². The van der Waals surface area contributed by atoms with Crippen molar-refractivity contribution in [2.45, 2.75) is 85.0 Å². The van der Waals surface area contributed by atoms with Gasteiger partial charge in [0.05, 0.1) is 19.1 Å². The van der Waals surface area contributed by atoms with Gasteiger partial charge in [-0.2, -0.15) is 0 Å². The normalized spacial score (nSPS) is 25.3. The zero-order valence-corrected chi connectivity index (χ0v) is 17.4. The number of hydrogen-bond acceptors (Lipinski definition) is 3. The van der Waals surface area contributed by atoms with Crippen LogP contribution >= 0.6 is 0 Å². The lowest BCUT2D eigenvalue weighted by atomic mass is 9.64. The van der Waals surface area contributed by atoms with Crippen molar-refractivity contribution < 1.29 is 14.0 Å². The van der Waals surface area contributed by atoms with Crippen molar-refractivity contribution in [3.05, 3.63) is 12.2 Å². The fraction of sp³-hybridized carbons (Fsp3) is 0.842. The highest BCUT2D eigenvalue weighted by molar-refractivity contribution is 6.74. The van der Waals surface area contributed by atoms with Crippen LogP contribution in [0.5, 0.6) is 0 Å². The summed E-state index contributed by atoms with van der Waals surface area (Å²) in [5, 5.41) is 0.189. The summed E-state index contributed by atoms with van der Waals surface area (Å²) in [6.45, 7) is 22.4. The van der Waals surface area contributed by atoms with Crippen LogP contribution in [0.3, 0.4) is 0 Å². The van der Waals surface area contributed by atoms with E-state index in [1.807, 2.05) is 6.92 Å². The molecule has 0 N–H and O–H groups in total. The number of rotatable bonds is 5. The van der Waals surface area contributed by atoms with Gasteiger partial charge in [-0.05, 0) is 49.2 Å². The predicted molar refractivity (Wildman–Crippen MR) is 99.0 cm³/mol. The number of carbonyl (C=O) groups is 1. The number of allylic oxidation sites excluding steroid dienone is 1. The second-order valence-electron chi connectivity index (χ2n) is 8.95. The monoisotopic (exact) mass is 340 g/mol. The lowest BCUT2D eigenvalue weighted by Crippen LogP contribution is -2.51. The molecule has 1 aliphatic rings. The van der Waals surface area contributed by atoms with E-state index in [1.54, 1.807) is 0 Å². The Balaban J connectivity index is 2.95. The molecule has 0 aromatic carbocycles. The van der Waals surface area contributed by atoms with Crippen molar-refractivity contribution in [2.75, 3.05) is 6.61 Å². The van der Waals surface area contributed by atoms with E-state index >= 15 is 0 Å². The van der Waals surface area contributed by atoms with Crippen LogP contribution in [0.2, 0.25) is 18.1 Å². The SMILES string of the molecule is C=C1CC[C@H](O[Si](C)(C)C(C)(C)C)C(C)(C)[C@@H]1CC(=O)OCC. The predicted octanol–water partition coefficient (Wildman–Crippen LogP) is 5.32. The fourth-order valence-corrected chi connectivity index (χ4v) is 4.64. The molecule has 2 atom stereocenters. The first-order valence-corrected chi connectivity index (χ1v) is 11.7. The van der Waals surface area contributed by atoms with Gasteiger partial charge in [-0.15, -0.1) is 0 Å². The van der Waals surface area contributed by atoms with Crippen LogP contribution < -0.4 is 0 Å².